The zero-order valence-electron chi connectivity index (χ0n) is 15.1. The normalized spacial score (nSPS) is 12.2. The Bertz CT molecular complexity index is 535. The minimum Gasteiger partial charge on any atom is -0.497 e. The summed E-state index contributed by atoms with van der Waals surface area (Å²) in [4.78, 5) is 23.6. The van der Waals surface area contributed by atoms with Gasteiger partial charge in [-0.05, 0) is 44.9 Å². The maximum Gasteiger partial charge on any atom is 0.407 e. The largest absolute Gasteiger partial charge is 0.497 e. The van der Waals surface area contributed by atoms with E-state index in [2.05, 4.69) is 10.6 Å². The van der Waals surface area contributed by atoms with Gasteiger partial charge in [-0.25, -0.2) is 4.79 Å². The topological polar surface area (TPSA) is 76.7 Å². The van der Waals surface area contributed by atoms with E-state index < -0.39 is 11.7 Å². The molecule has 0 aliphatic carbocycles. The second-order valence-electron chi connectivity index (χ2n) is 6.48. The van der Waals surface area contributed by atoms with Crippen molar-refractivity contribution in [3.8, 4) is 5.75 Å². The highest BCUT2D eigenvalue weighted by atomic mass is 16.6. The molecule has 1 atom stereocenters. The number of hydrogen-bond donors (Lipinski definition) is 2. The Morgan fingerprint density at radius 1 is 1.17 bits per heavy atom. The Labute approximate surface area is 143 Å². The van der Waals surface area contributed by atoms with Crippen LogP contribution in [0, 0.1) is 0 Å². The summed E-state index contributed by atoms with van der Waals surface area (Å²) in [5.74, 6) is 0.662. The molecule has 6 heteroatoms. The van der Waals surface area contributed by atoms with Crippen LogP contribution in [0.2, 0.25) is 0 Å². The lowest BCUT2D eigenvalue weighted by molar-refractivity contribution is -0.121. The number of carbonyl (C=O) groups is 2. The molecule has 1 aromatic carbocycles. The fourth-order valence-electron chi connectivity index (χ4n) is 2.12. The van der Waals surface area contributed by atoms with Crippen LogP contribution in [0.15, 0.2) is 24.3 Å². The Balaban J connectivity index is 2.43. The average molecular weight is 336 g/mol. The molecular formula is C18H28N2O4. The van der Waals surface area contributed by atoms with Crippen LogP contribution in [0.5, 0.6) is 5.75 Å². The van der Waals surface area contributed by atoms with Crippen molar-refractivity contribution < 1.29 is 19.1 Å². The number of methoxy groups -OCH3 is 1. The summed E-state index contributed by atoms with van der Waals surface area (Å²) in [5.41, 5.74) is 0.473. The van der Waals surface area contributed by atoms with Gasteiger partial charge in [-0.3, -0.25) is 4.79 Å². The molecule has 0 radical (unpaired) electrons. The van der Waals surface area contributed by atoms with Crippen LogP contribution in [-0.4, -0.2) is 31.3 Å². The molecule has 0 heterocycles. The highest BCUT2D eigenvalue weighted by Gasteiger charge is 2.16. The molecule has 0 aromatic heterocycles. The fourth-order valence-corrected chi connectivity index (χ4v) is 2.12. The van der Waals surface area contributed by atoms with E-state index >= 15 is 0 Å². The smallest absolute Gasteiger partial charge is 0.407 e. The first-order valence-electron chi connectivity index (χ1n) is 8.15. The van der Waals surface area contributed by atoms with Gasteiger partial charge in [0.1, 0.15) is 11.4 Å². The van der Waals surface area contributed by atoms with Gasteiger partial charge in [-0.15, -0.1) is 0 Å². The van der Waals surface area contributed by atoms with E-state index in [0.717, 1.165) is 17.7 Å². The fraction of sp³-hybridized carbons (Fsp3) is 0.556. The molecule has 0 fully saturated rings. The van der Waals surface area contributed by atoms with Crippen molar-refractivity contribution in [2.45, 2.75) is 52.2 Å². The van der Waals surface area contributed by atoms with Crippen molar-refractivity contribution in [2.75, 3.05) is 13.7 Å². The summed E-state index contributed by atoms with van der Waals surface area (Å²) in [7, 11) is 1.62. The number of amides is 2. The van der Waals surface area contributed by atoms with Crippen molar-refractivity contribution in [3.05, 3.63) is 29.8 Å². The average Bonchev–Trinajstić information content (AvgIpc) is 2.51. The molecule has 24 heavy (non-hydrogen) atoms. The number of ether oxygens (including phenoxy) is 2. The monoisotopic (exact) mass is 336 g/mol. The molecule has 0 aliphatic rings. The zero-order chi connectivity index (χ0) is 18.2. The van der Waals surface area contributed by atoms with Gasteiger partial charge in [0.05, 0.1) is 13.2 Å². The third-order valence-electron chi connectivity index (χ3n) is 3.28. The lowest BCUT2D eigenvalue weighted by atomic mass is 10.0. The van der Waals surface area contributed by atoms with E-state index in [1.807, 2.05) is 31.2 Å². The van der Waals surface area contributed by atoms with Crippen molar-refractivity contribution in [1.29, 1.82) is 0 Å². The zero-order valence-corrected chi connectivity index (χ0v) is 15.1. The molecular weight excluding hydrogens is 308 g/mol. The van der Waals surface area contributed by atoms with Gasteiger partial charge in [-0.2, -0.15) is 0 Å². The Hall–Kier alpha value is -2.24. The minimum atomic E-state index is -0.548. The predicted octanol–water partition coefficient (Wildman–Crippen LogP) is 3.18. The first kappa shape index (κ1) is 19.8. The van der Waals surface area contributed by atoms with E-state index in [1.54, 1.807) is 27.9 Å². The SMILES string of the molecule is CC[C@H](NC(=O)CCNC(=O)OC(C)(C)C)c1ccc(OC)cc1. The quantitative estimate of drug-likeness (QED) is 0.802. The van der Waals surface area contributed by atoms with Crippen molar-refractivity contribution in [2.24, 2.45) is 0 Å². The van der Waals surface area contributed by atoms with Gasteiger partial charge in [0.2, 0.25) is 5.91 Å². The maximum atomic E-state index is 12.0. The Morgan fingerprint density at radius 2 is 1.79 bits per heavy atom. The first-order chi connectivity index (χ1) is 11.2. The number of rotatable bonds is 7. The van der Waals surface area contributed by atoms with Gasteiger partial charge < -0.3 is 20.1 Å². The van der Waals surface area contributed by atoms with Crippen LogP contribution >= 0.6 is 0 Å². The van der Waals surface area contributed by atoms with E-state index in [-0.39, 0.29) is 24.9 Å². The standard InChI is InChI=1S/C18H28N2O4/c1-6-15(13-7-9-14(23-5)10-8-13)20-16(21)11-12-19-17(22)24-18(2,3)4/h7-10,15H,6,11-12H2,1-5H3,(H,19,22)(H,20,21)/t15-/m0/s1. The second kappa shape index (κ2) is 9.15. The predicted molar refractivity (Wildman–Crippen MR) is 93.0 cm³/mol. The summed E-state index contributed by atoms with van der Waals surface area (Å²) in [6.45, 7) is 7.62. The molecule has 0 aliphatic heterocycles. The third kappa shape index (κ3) is 7.35. The molecule has 2 amide bonds. The van der Waals surface area contributed by atoms with Crippen molar-refractivity contribution >= 4 is 12.0 Å². The van der Waals surface area contributed by atoms with E-state index in [0.29, 0.717) is 0 Å². The molecule has 0 bridgehead atoms. The summed E-state index contributed by atoms with van der Waals surface area (Å²) < 4.78 is 10.3. The number of alkyl carbamates (subject to hydrolysis) is 1. The van der Waals surface area contributed by atoms with Crippen LogP contribution < -0.4 is 15.4 Å². The van der Waals surface area contributed by atoms with Gasteiger partial charge in [0, 0.05) is 13.0 Å². The van der Waals surface area contributed by atoms with Crippen LogP contribution in [-0.2, 0) is 9.53 Å². The van der Waals surface area contributed by atoms with Crippen molar-refractivity contribution in [3.63, 3.8) is 0 Å². The van der Waals surface area contributed by atoms with E-state index in [9.17, 15) is 9.59 Å². The maximum absolute atomic E-state index is 12.0. The molecule has 0 saturated carbocycles. The van der Waals surface area contributed by atoms with Crippen molar-refractivity contribution in [1.82, 2.24) is 10.6 Å². The molecule has 6 nitrogen and oxygen atoms in total. The summed E-state index contributed by atoms with van der Waals surface area (Å²) in [5, 5.41) is 5.55. The summed E-state index contributed by atoms with van der Waals surface area (Å²) in [6.07, 6.45) is 0.459. The molecule has 1 rings (SSSR count). The molecule has 2 N–H and O–H groups in total. The minimum absolute atomic E-state index is 0.0649. The van der Waals surface area contributed by atoms with E-state index in [4.69, 9.17) is 9.47 Å². The number of nitrogens with one attached hydrogen (secondary N) is 2. The molecule has 0 unspecified atom stereocenters. The third-order valence-corrected chi connectivity index (χ3v) is 3.28. The van der Waals surface area contributed by atoms with Crippen LogP contribution in [0.25, 0.3) is 0 Å². The highest BCUT2D eigenvalue weighted by molar-refractivity contribution is 5.77. The van der Waals surface area contributed by atoms with E-state index in [1.165, 1.54) is 0 Å². The van der Waals surface area contributed by atoms with Crippen LogP contribution in [0.4, 0.5) is 4.79 Å². The van der Waals surface area contributed by atoms with Gasteiger partial charge in [-0.1, -0.05) is 19.1 Å². The molecule has 134 valence electrons. The number of benzene rings is 1. The first-order valence-corrected chi connectivity index (χ1v) is 8.15. The molecule has 0 spiro atoms. The molecule has 1 aromatic rings. The summed E-state index contributed by atoms with van der Waals surface area (Å²) >= 11 is 0. The summed E-state index contributed by atoms with van der Waals surface area (Å²) in [6, 6.07) is 7.55. The lowest BCUT2D eigenvalue weighted by Crippen LogP contribution is -2.35. The lowest BCUT2D eigenvalue weighted by Gasteiger charge is -2.20. The second-order valence-corrected chi connectivity index (χ2v) is 6.48. The van der Waals surface area contributed by atoms with Crippen LogP contribution in [0.3, 0.4) is 0 Å². The number of hydrogen-bond acceptors (Lipinski definition) is 4. The Morgan fingerprint density at radius 3 is 2.29 bits per heavy atom. The molecule has 0 saturated heterocycles. The van der Waals surface area contributed by atoms with Gasteiger partial charge in [0.15, 0.2) is 0 Å². The highest BCUT2D eigenvalue weighted by Crippen LogP contribution is 2.20. The van der Waals surface area contributed by atoms with Gasteiger partial charge in [0.25, 0.3) is 0 Å². The number of carbonyl (C=O) groups excluding carboxylic acids is 2. The van der Waals surface area contributed by atoms with Crippen LogP contribution in [0.1, 0.15) is 52.1 Å². The Kier molecular flexibility index (Phi) is 7.55. The van der Waals surface area contributed by atoms with Gasteiger partial charge >= 0.3 is 6.09 Å².